The van der Waals surface area contributed by atoms with Gasteiger partial charge in [0.05, 0.1) is 11.2 Å². The van der Waals surface area contributed by atoms with Gasteiger partial charge in [0.1, 0.15) is 0 Å². The average Bonchev–Trinajstić information content (AvgIpc) is 2.40. The van der Waals surface area contributed by atoms with Crippen molar-refractivity contribution in [3.63, 3.8) is 0 Å². The van der Waals surface area contributed by atoms with Gasteiger partial charge in [0.15, 0.2) is 0 Å². The molecule has 0 saturated carbocycles. The predicted molar refractivity (Wildman–Crippen MR) is 74.3 cm³/mol. The fourth-order valence-electron chi connectivity index (χ4n) is 1.74. The molecule has 0 fully saturated rings. The van der Waals surface area contributed by atoms with Crippen molar-refractivity contribution in [2.45, 2.75) is 6.92 Å². The normalized spacial score (nSPS) is 11.3. The lowest BCUT2D eigenvalue weighted by atomic mass is 10.1. The van der Waals surface area contributed by atoms with Gasteiger partial charge in [-0.15, -0.1) is 0 Å². The van der Waals surface area contributed by atoms with E-state index in [1.807, 2.05) is 30.3 Å². The lowest BCUT2D eigenvalue weighted by Gasteiger charge is -2.08. The fourth-order valence-corrected chi connectivity index (χ4v) is 1.74. The highest BCUT2D eigenvalue weighted by molar-refractivity contribution is 6.09. The number of benzene rings is 1. The number of carbonyl (C=O) groups is 1. The van der Waals surface area contributed by atoms with E-state index in [1.165, 1.54) is 6.08 Å². The highest BCUT2D eigenvalue weighted by Crippen LogP contribution is 2.21. The van der Waals surface area contributed by atoms with Gasteiger partial charge in [-0.05, 0) is 19.1 Å². The molecule has 0 aliphatic heterocycles. The number of aromatic nitrogens is 1. The Balaban J connectivity index is 2.38. The summed E-state index contributed by atoms with van der Waals surface area (Å²) in [6, 6.07) is 9.52. The largest absolute Gasteiger partial charge is 0.320 e. The number of carbonyl (C=O) groups excluding carboxylic acids is 1. The van der Waals surface area contributed by atoms with Crippen LogP contribution in [0.15, 0.2) is 60.8 Å². The maximum Gasteiger partial charge on any atom is 0.255 e. The standard InChI is InChI=1S/C15H14N2O/c1-3-11(4-2)15(18)17-13-9-5-7-12-8-6-10-16-14(12)13/h3-10H,1H2,2H3,(H,17,18). The lowest BCUT2D eigenvalue weighted by Crippen LogP contribution is -2.13. The number of hydrogen-bond acceptors (Lipinski definition) is 2. The molecule has 0 spiro atoms. The summed E-state index contributed by atoms with van der Waals surface area (Å²) in [5.74, 6) is -0.175. The summed E-state index contributed by atoms with van der Waals surface area (Å²) in [5.41, 5.74) is 2.04. The molecule has 1 aromatic carbocycles. The van der Waals surface area contributed by atoms with Crippen molar-refractivity contribution in [2.24, 2.45) is 0 Å². The Kier molecular flexibility index (Phi) is 3.53. The van der Waals surface area contributed by atoms with Crippen LogP contribution in [0.1, 0.15) is 6.92 Å². The molecular formula is C15H14N2O. The highest BCUT2D eigenvalue weighted by atomic mass is 16.1. The first kappa shape index (κ1) is 12.0. The molecule has 18 heavy (non-hydrogen) atoms. The number of para-hydroxylation sites is 1. The zero-order valence-electron chi connectivity index (χ0n) is 10.2. The van der Waals surface area contributed by atoms with E-state index in [4.69, 9.17) is 0 Å². The molecule has 90 valence electrons. The second-order valence-corrected chi connectivity index (χ2v) is 3.78. The van der Waals surface area contributed by atoms with E-state index in [2.05, 4.69) is 16.9 Å². The van der Waals surface area contributed by atoms with Crippen molar-refractivity contribution < 1.29 is 4.79 Å². The van der Waals surface area contributed by atoms with Crippen LogP contribution in [0.5, 0.6) is 0 Å². The van der Waals surface area contributed by atoms with Crippen LogP contribution in [0.25, 0.3) is 10.9 Å². The third-order valence-corrected chi connectivity index (χ3v) is 2.67. The second kappa shape index (κ2) is 5.27. The van der Waals surface area contributed by atoms with Crippen LogP contribution in [0.3, 0.4) is 0 Å². The highest BCUT2D eigenvalue weighted by Gasteiger charge is 2.08. The van der Waals surface area contributed by atoms with E-state index in [-0.39, 0.29) is 5.91 Å². The molecule has 0 aliphatic carbocycles. The van der Waals surface area contributed by atoms with E-state index in [1.54, 1.807) is 19.2 Å². The van der Waals surface area contributed by atoms with Crippen molar-refractivity contribution >= 4 is 22.5 Å². The number of hydrogen-bond donors (Lipinski definition) is 1. The quantitative estimate of drug-likeness (QED) is 0.658. The predicted octanol–water partition coefficient (Wildman–Crippen LogP) is 3.31. The Morgan fingerprint density at radius 2 is 2.11 bits per heavy atom. The molecule has 2 aromatic rings. The van der Waals surface area contributed by atoms with Crippen LogP contribution < -0.4 is 5.32 Å². The second-order valence-electron chi connectivity index (χ2n) is 3.78. The van der Waals surface area contributed by atoms with Crippen molar-refractivity contribution in [3.8, 4) is 0 Å². The number of allylic oxidation sites excluding steroid dienone is 1. The van der Waals surface area contributed by atoms with Crippen LogP contribution in [-0.4, -0.2) is 10.9 Å². The molecule has 1 N–H and O–H groups in total. The summed E-state index contributed by atoms with van der Waals surface area (Å²) >= 11 is 0. The van der Waals surface area contributed by atoms with E-state index in [0.717, 1.165) is 10.9 Å². The fraction of sp³-hybridized carbons (Fsp3) is 0.0667. The molecule has 0 bridgehead atoms. The molecule has 3 heteroatoms. The Labute approximate surface area is 106 Å². The van der Waals surface area contributed by atoms with Gasteiger partial charge in [-0.3, -0.25) is 9.78 Å². The maximum absolute atomic E-state index is 11.9. The minimum absolute atomic E-state index is 0.175. The molecule has 0 radical (unpaired) electrons. The number of anilines is 1. The molecular weight excluding hydrogens is 224 g/mol. The van der Waals surface area contributed by atoms with Gasteiger partial charge in [-0.1, -0.05) is 36.9 Å². The number of nitrogens with one attached hydrogen (secondary N) is 1. The first-order valence-corrected chi connectivity index (χ1v) is 5.70. The molecule has 1 amide bonds. The minimum Gasteiger partial charge on any atom is -0.320 e. The van der Waals surface area contributed by atoms with Crippen LogP contribution >= 0.6 is 0 Å². The van der Waals surface area contributed by atoms with Crippen molar-refractivity contribution in [1.82, 2.24) is 4.98 Å². The molecule has 0 unspecified atom stereocenters. The zero-order chi connectivity index (χ0) is 13.0. The van der Waals surface area contributed by atoms with Gasteiger partial charge in [-0.25, -0.2) is 0 Å². The Bertz CT molecular complexity index is 624. The summed E-state index contributed by atoms with van der Waals surface area (Å²) in [6.07, 6.45) is 4.97. The third-order valence-electron chi connectivity index (χ3n) is 2.67. The Hall–Kier alpha value is -2.42. The van der Waals surface area contributed by atoms with Crippen LogP contribution in [0.2, 0.25) is 0 Å². The maximum atomic E-state index is 11.9. The van der Waals surface area contributed by atoms with Gasteiger partial charge >= 0.3 is 0 Å². The van der Waals surface area contributed by atoms with Crippen molar-refractivity contribution in [2.75, 3.05) is 5.32 Å². The van der Waals surface area contributed by atoms with E-state index >= 15 is 0 Å². The summed E-state index contributed by atoms with van der Waals surface area (Å²) in [5, 5.41) is 3.84. The number of amides is 1. The molecule has 3 nitrogen and oxygen atoms in total. The minimum atomic E-state index is -0.175. The summed E-state index contributed by atoms with van der Waals surface area (Å²) < 4.78 is 0. The van der Waals surface area contributed by atoms with Crippen LogP contribution in [-0.2, 0) is 4.79 Å². The van der Waals surface area contributed by atoms with E-state index < -0.39 is 0 Å². The number of rotatable bonds is 3. The topological polar surface area (TPSA) is 42.0 Å². The summed E-state index contributed by atoms with van der Waals surface area (Å²) in [7, 11) is 0. The number of nitrogens with zero attached hydrogens (tertiary/aromatic N) is 1. The first-order valence-electron chi connectivity index (χ1n) is 5.70. The summed E-state index contributed by atoms with van der Waals surface area (Å²) in [6.45, 7) is 5.42. The number of fused-ring (bicyclic) bond motifs is 1. The smallest absolute Gasteiger partial charge is 0.255 e. The molecule has 1 heterocycles. The first-order chi connectivity index (χ1) is 8.76. The molecule has 0 saturated heterocycles. The SMILES string of the molecule is C=CC(=CC)C(=O)Nc1cccc2cccnc12. The van der Waals surface area contributed by atoms with Crippen molar-refractivity contribution in [3.05, 3.63) is 60.8 Å². The molecule has 2 rings (SSSR count). The zero-order valence-corrected chi connectivity index (χ0v) is 10.2. The molecule has 0 aliphatic rings. The van der Waals surface area contributed by atoms with Gasteiger partial charge in [0.25, 0.3) is 5.91 Å². The third kappa shape index (κ3) is 2.30. The summed E-state index contributed by atoms with van der Waals surface area (Å²) in [4.78, 5) is 16.2. The van der Waals surface area contributed by atoms with Crippen molar-refractivity contribution in [1.29, 1.82) is 0 Å². The Morgan fingerprint density at radius 1 is 1.33 bits per heavy atom. The average molecular weight is 238 g/mol. The van der Waals surface area contributed by atoms with Crippen LogP contribution in [0, 0.1) is 0 Å². The monoisotopic (exact) mass is 238 g/mol. The van der Waals surface area contributed by atoms with E-state index in [0.29, 0.717) is 11.3 Å². The number of pyridine rings is 1. The lowest BCUT2D eigenvalue weighted by molar-refractivity contribution is -0.112. The molecule has 1 aromatic heterocycles. The van der Waals surface area contributed by atoms with Crippen LogP contribution in [0.4, 0.5) is 5.69 Å². The molecule has 0 atom stereocenters. The van der Waals surface area contributed by atoms with Gasteiger partial charge < -0.3 is 5.32 Å². The van der Waals surface area contributed by atoms with Gasteiger partial charge in [-0.2, -0.15) is 0 Å². The van der Waals surface area contributed by atoms with Gasteiger partial charge in [0.2, 0.25) is 0 Å². The van der Waals surface area contributed by atoms with Gasteiger partial charge in [0, 0.05) is 17.2 Å². The van der Waals surface area contributed by atoms with E-state index in [9.17, 15) is 4.79 Å². The Morgan fingerprint density at radius 3 is 2.83 bits per heavy atom.